The Kier molecular flexibility index (Phi) is 5.88. The zero-order valence-electron chi connectivity index (χ0n) is 16.8. The molecule has 2 aromatic carbocycles. The molecule has 1 saturated carbocycles. The van der Waals surface area contributed by atoms with Crippen LogP contribution < -0.4 is 9.47 Å². The van der Waals surface area contributed by atoms with Crippen LogP contribution in [-0.4, -0.2) is 36.3 Å². The Morgan fingerprint density at radius 1 is 1.11 bits per heavy atom. The minimum Gasteiger partial charge on any atom is -0.496 e. The van der Waals surface area contributed by atoms with Gasteiger partial charge in [-0.05, 0) is 43.9 Å². The summed E-state index contributed by atoms with van der Waals surface area (Å²) >= 11 is 0. The van der Waals surface area contributed by atoms with Gasteiger partial charge in [-0.2, -0.15) is 0 Å². The average Bonchev–Trinajstić information content (AvgIpc) is 3.07. The highest BCUT2D eigenvalue weighted by Crippen LogP contribution is 2.45. The first-order valence-corrected chi connectivity index (χ1v) is 10.4. The molecule has 0 unspecified atom stereocenters. The van der Waals surface area contributed by atoms with Gasteiger partial charge in [0, 0.05) is 30.1 Å². The van der Waals surface area contributed by atoms with E-state index in [2.05, 4.69) is 23.1 Å². The lowest BCUT2D eigenvalue weighted by molar-refractivity contribution is -0.0121. The molecular weight excluding hydrogens is 350 g/mol. The van der Waals surface area contributed by atoms with Gasteiger partial charge < -0.3 is 14.6 Å². The molecule has 2 aromatic rings. The van der Waals surface area contributed by atoms with Gasteiger partial charge in [0.05, 0.1) is 13.2 Å². The third-order valence-corrected chi connectivity index (χ3v) is 6.45. The summed E-state index contributed by atoms with van der Waals surface area (Å²) in [6.07, 6.45) is 5.47. The van der Waals surface area contributed by atoms with Crippen LogP contribution in [0, 0.1) is 5.41 Å². The van der Waals surface area contributed by atoms with Crippen LogP contribution in [0.15, 0.2) is 48.5 Å². The molecule has 0 amide bonds. The van der Waals surface area contributed by atoms with Crippen molar-refractivity contribution in [2.45, 2.75) is 51.4 Å². The smallest absolute Gasteiger partial charge is 0.127 e. The molecule has 28 heavy (non-hydrogen) atoms. The topological polar surface area (TPSA) is 41.9 Å². The number of hydrogen-bond donors (Lipinski definition) is 1. The minimum atomic E-state index is -0.133. The van der Waals surface area contributed by atoms with Crippen LogP contribution in [-0.2, 0) is 13.2 Å². The second kappa shape index (κ2) is 8.54. The van der Waals surface area contributed by atoms with Gasteiger partial charge in [0.1, 0.15) is 18.1 Å². The number of likely N-dealkylation sites (tertiary alicyclic amines) is 1. The fraction of sp³-hybridized carbons (Fsp3) is 0.500. The molecule has 1 saturated heterocycles. The van der Waals surface area contributed by atoms with E-state index in [9.17, 15) is 5.11 Å². The van der Waals surface area contributed by atoms with Crippen molar-refractivity contribution in [2.75, 3.05) is 20.2 Å². The van der Waals surface area contributed by atoms with Crippen molar-refractivity contribution >= 4 is 0 Å². The number of rotatable bonds is 6. The number of hydrogen-bond acceptors (Lipinski definition) is 4. The summed E-state index contributed by atoms with van der Waals surface area (Å²) in [6.45, 7) is 3.49. The molecule has 4 rings (SSSR count). The highest BCUT2D eigenvalue weighted by Gasteiger charge is 2.44. The highest BCUT2D eigenvalue weighted by molar-refractivity contribution is 5.41. The molecular formula is C24H31NO3. The number of piperidine rings is 1. The van der Waals surface area contributed by atoms with Crippen LogP contribution in [0.4, 0.5) is 0 Å². The molecule has 0 aromatic heterocycles. The Morgan fingerprint density at radius 2 is 1.93 bits per heavy atom. The quantitative estimate of drug-likeness (QED) is 0.805. The van der Waals surface area contributed by atoms with Crippen LogP contribution in [0.3, 0.4) is 0 Å². The summed E-state index contributed by atoms with van der Waals surface area (Å²) in [5.74, 6) is 1.70. The number of nitrogens with zero attached hydrogens (tertiary/aromatic N) is 1. The lowest BCUT2D eigenvalue weighted by Crippen LogP contribution is -2.46. The van der Waals surface area contributed by atoms with Gasteiger partial charge in [0.15, 0.2) is 0 Å². The van der Waals surface area contributed by atoms with Crippen molar-refractivity contribution < 1.29 is 14.6 Å². The monoisotopic (exact) mass is 381 g/mol. The standard InChI is InChI=1S/C24H31NO3/c1-27-22-15-21(28-17-19-7-3-2-4-8-19)11-10-20(22)16-25-14-6-13-24(18-25)12-5-9-23(24)26/h2-4,7-8,10-11,15,23,26H,5-6,9,12-14,16-18H2,1H3/t23-,24-/m1/s1. The van der Waals surface area contributed by atoms with E-state index in [-0.39, 0.29) is 11.5 Å². The third-order valence-electron chi connectivity index (χ3n) is 6.45. The highest BCUT2D eigenvalue weighted by atomic mass is 16.5. The second-order valence-corrected chi connectivity index (χ2v) is 8.33. The van der Waals surface area contributed by atoms with Gasteiger partial charge >= 0.3 is 0 Å². The first-order valence-electron chi connectivity index (χ1n) is 10.4. The molecule has 4 heteroatoms. The van der Waals surface area contributed by atoms with E-state index in [1.54, 1.807) is 7.11 Å². The normalized spacial score (nSPS) is 25.1. The van der Waals surface area contributed by atoms with E-state index in [0.717, 1.165) is 68.8 Å². The lowest BCUT2D eigenvalue weighted by Gasteiger charge is -2.42. The maximum absolute atomic E-state index is 10.5. The zero-order chi connectivity index (χ0) is 19.4. The second-order valence-electron chi connectivity index (χ2n) is 8.33. The van der Waals surface area contributed by atoms with Crippen molar-refractivity contribution in [1.82, 2.24) is 4.90 Å². The van der Waals surface area contributed by atoms with Crippen LogP contribution >= 0.6 is 0 Å². The summed E-state index contributed by atoms with van der Waals surface area (Å²) in [5.41, 5.74) is 2.45. The summed E-state index contributed by atoms with van der Waals surface area (Å²) in [6, 6.07) is 16.3. The number of aliphatic hydroxyl groups excluding tert-OH is 1. The molecule has 1 heterocycles. The third kappa shape index (κ3) is 4.18. The first-order chi connectivity index (χ1) is 13.7. The van der Waals surface area contributed by atoms with E-state index in [0.29, 0.717) is 6.61 Å². The first kappa shape index (κ1) is 19.3. The molecule has 1 spiro atoms. The van der Waals surface area contributed by atoms with Crippen LogP contribution in [0.2, 0.25) is 0 Å². The molecule has 1 N–H and O–H groups in total. The minimum absolute atomic E-state index is 0.115. The predicted octanol–water partition coefficient (Wildman–Crippen LogP) is 4.40. The molecule has 1 aliphatic carbocycles. The molecule has 150 valence electrons. The Balaban J connectivity index is 1.41. The average molecular weight is 382 g/mol. The predicted molar refractivity (Wildman–Crippen MR) is 111 cm³/mol. The van der Waals surface area contributed by atoms with Crippen molar-refractivity contribution in [2.24, 2.45) is 5.41 Å². The largest absolute Gasteiger partial charge is 0.496 e. The van der Waals surface area contributed by atoms with E-state index in [4.69, 9.17) is 9.47 Å². The van der Waals surface area contributed by atoms with Gasteiger partial charge in [-0.3, -0.25) is 4.90 Å². The van der Waals surface area contributed by atoms with Crippen molar-refractivity contribution in [3.63, 3.8) is 0 Å². The number of ether oxygens (including phenoxy) is 2. The fourth-order valence-electron chi connectivity index (χ4n) is 4.92. The van der Waals surface area contributed by atoms with Crippen molar-refractivity contribution in [3.8, 4) is 11.5 Å². The van der Waals surface area contributed by atoms with Crippen LogP contribution in [0.1, 0.15) is 43.2 Å². The lowest BCUT2D eigenvalue weighted by atomic mass is 9.76. The molecule has 0 bridgehead atoms. The Hall–Kier alpha value is -2.04. The van der Waals surface area contributed by atoms with E-state index >= 15 is 0 Å². The molecule has 2 fully saturated rings. The van der Waals surface area contributed by atoms with Gasteiger partial charge in [-0.25, -0.2) is 0 Å². The maximum atomic E-state index is 10.5. The van der Waals surface area contributed by atoms with Gasteiger partial charge in [-0.15, -0.1) is 0 Å². The van der Waals surface area contributed by atoms with Crippen LogP contribution in [0.25, 0.3) is 0 Å². The molecule has 2 aliphatic rings. The summed E-state index contributed by atoms with van der Waals surface area (Å²) in [5, 5.41) is 10.5. The Labute approximate surface area is 168 Å². The maximum Gasteiger partial charge on any atom is 0.127 e. The van der Waals surface area contributed by atoms with Crippen molar-refractivity contribution in [3.05, 3.63) is 59.7 Å². The van der Waals surface area contributed by atoms with Crippen molar-refractivity contribution in [1.29, 1.82) is 0 Å². The number of methoxy groups -OCH3 is 1. The van der Waals surface area contributed by atoms with Gasteiger partial charge in [-0.1, -0.05) is 42.8 Å². The van der Waals surface area contributed by atoms with E-state index in [1.807, 2.05) is 30.3 Å². The van der Waals surface area contributed by atoms with Gasteiger partial charge in [0.2, 0.25) is 0 Å². The van der Waals surface area contributed by atoms with Gasteiger partial charge in [0.25, 0.3) is 0 Å². The molecule has 0 radical (unpaired) electrons. The number of benzene rings is 2. The SMILES string of the molecule is COc1cc(OCc2ccccc2)ccc1CN1CCC[C@]2(CCC[C@H]2O)C1. The molecule has 2 atom stereocenters. The fourth-order valence-corrected chi connectivity index (χ4v) is 4.92. The summed E-state index contributed by atoms with van der Waals surface area (Å²) in [7, 11) is 1.72. The molecule has 1 aliphatic heterocycles. The van der Waals surface area contributed by atoms with E-state index in [1.165, 1.54) is 5.56 Å². The number of aliphatic hydroxyl groups is 1. The Morgan fingerprint density at radius 3 is 2.68 bits per heavy atom. The Bertz CT molecular complexity index is 779. The van der Waals surface area contributed by atoms with E-state index < -0.39 is 0 Å². The summed E-state index contributed by atoms with van der Waals surface area (Å²) in [4.78, 5) is 2.49. The summed E-state index contributed by atoms with van der Waals surface area (Å²) < 4.78 is 11.6. The zero-order valence-corrected chi connectivity index (χ0v) is 16.8. The molecule has 4 nitrogen and oxygen atoms in total. The van der Waals surface area contributed by atoms with Crippen LogP contribution in [0.5, 0.6) is 11.5 Å².